The van der Waals surface area contributed by atoms with Crippen molar-refractivity contribution in [1.29, 1.82) is 0 Å². The molecule has 2 aromatic rings. The van der Waals surface area contributed by atoms with Crippen molar-refractivity contribution in [3.63, 3.8) is 0 Å². The van der Waals surface area contributed by atoms with E-state index in [2.05, 4.69) is 0 Å². The maximum atomic E-state index is 14.5. The van der Waals surface area contributed by atoms with Crippen LogP contribution in [0.1, 0.15) is 43.2 Å². The van der Waals surface area contributed by atoms with Crippen LogP contribution >= 0.6 is 11.6 Å². The summed E-state index contributed by atoms with van der Waals surface area (Å²) in [6, 6.07) is 9.98. The van der Waals surface area contributed by atoms with Gasteiger partial charge in [0.25, 0.3) is 5.79 Å². The Morgan fingerprint density at radius 3 is 2.79 bits per heavy atom. The van der Waals surface area contributed by atoms with Crippen LogP contribution in [0.2, 0.25) is 5.02 Å². The van der Waals surface area contributed by atoms with Crippen molar-refractivity contribution < 1.29 is 28.5 Å². The first kappa shape index (κ1) is 19.0. The molecule has 0 aliphatic carbocycles. The largest absolute Gasteiger partial charge is 0.481 e. The van der Waals surface area contributed by atoms with E-state index in [1.54, 1.807) is 25.1 Å². The van der Waals surface area contributed by atoms with Gasteiger partial charge in [0.15, 0.2) is 11.5 Å². The van der Waals surface area contributed by atoms with Crippen LogP contribution in [-0.4, -0.2) is 23.8 Å². The number of hydrogen-bond donors (Lipinski definition) is 1. The fourth-order valence-electron chi connectivity index (χ4n) is 3.84. The topological polar surface area (TPSA) is 65.0 Å². The molecule has 2 aromatic carbocycles. The van der Waals surface area contributed by atoms with E-state index in [-0.39, 0.29) is 24.0 Å². The van der Waals surface area contributed by atoms with Crippen LogP contribution in [0.4, 0.5) is 4.39 Å². The van der Waals surface area contributed by atoms with E-state index < -0.39 is 17.6 Å². The summed E-state index contributed by atoms with van der Waals surface area (Å²) in [5, 5.41) is 9.23. The number of para-hydroxylation sites is 1. The number of halogens is 2. The van der Waals surface area contributed by atoms with Gasteiger partial charge in [0.05, 0.1) is 24.7 Å². The van der Waals surface area contributed by atoms with Gasteiger partial charge in [-0.1, -0.05) is 23.7 Å². The third kappa shape index (κ3) is 3.54. The summed E-state index contributed by atoms with van der Waals surface area (Å²) in [5.74, 6) is -1.48. The van der Waals surface area contributed by atoms with E-state index in [0.29, 0.717) is 29.5 Å². The number of carboxylic acids is 1. The first-order valence-electron chi connectivity index (χ1n) is 9.15. The molecular formula is C21H20ClFO5. The van der Waals surface area contributed by atoms with Crippen molar-refractivity contribution in [1.82, 2.24) is 0 Å². The minimum absolute atomic E-state index is 0.00709. The Balaban J connectivity index is 1.57. The second-order valence-electron chi connectivity index (χ2n) is 7.28. The SMILES string of the molecule is CC1(c2ccc(Cl)cc2F)Oc2cccc(C3CCC(CC(=O)O)OC3)c2O1. The van der Waals surface area contributed by atoms with E-state index in [4.69, 9.17) is 30.9 Å². The predicted molar refractivity (Wildman–Crippen MR) is 100 cm³/mol. The standard InChI is InChI=1S/C21H20ClFO5/c1-21(16-8-6-13(22)9-17(16)23)27-18-4-2-3-15(20(18)28-21)12-5-7-14(26-11-12)10-19(24)25/h2-4,6,8-9,12,14H,5,7,10-11H2,1H3,(H,24,25). The molecule has 0 saturated carbocycles. The second-order valence-corrected chi connectivity index (χ2v) is 7.71. The van der Waals surface area contributed by atoms with Gasteiger partial charge in [-0.05, 0) is 37.1 Å². The third-order valence-electron chi connectivity index (χ3n) is 5.24. The van der Waals surface area contributed by atoms with Gasteiger partial charge in [-0.25, -0.2) is 4.39 Å². The van der Waals surface area contributed by atoms with Crippen molar-refractivity contribution in [2.24, 2.45) is 0 Å². The van der Waals surface area contributed by atoms with E-state index in [0.717, 1.165) is 12.0 Å². The summed E-state index contributed by atoms with van der Waals surface area (Å²) in [5.41, 5.74) is 1.19. The summed E-state index contributed by atoms with van der Waals surface area (Å²) in [6.07, 6.45) is 1.18. The maximum Gasteiger partial charge on any atom is 0.305 e. The van der Waals surface area contributed by atoms with Crippen LogP contribution in [0.25, 0.3) is 0 Å². The molecule has 0 aromatic heterocycles. The zero-order valence-corrected chi connectivity index (χ0v) is 16.0. The van der Waals surface area contributed by atoms with Gasteiger partial charge in [0.2, 0.25) is 0 Å². The van der Waals surface area contributed by atoms with E-state index in [1.165, 1.54) is 6.07 Å². The molecule has 4 rings (SSSR count). The molecule has 0 spiro atoms. The van der Waals surface area contributed by atoms with Gasteiger partial charge in [-0.15, -0.1) is 0 Å². The molecule has 2 heterocycles. The second kappa shape index (κ2) is 7.26. The lowest BCUT2D eigenvalue weighted by molar-refractivity contribution is -0.141. The van der Waals surface area contributed by atoms with Crippen LogP contribution in [0.3, 0.4) is 0 Å². The smallest absolute Gasteiger partial charge is 0.305 e. The molecule has 3 unspecified atom stereocenters. The average Bonchev–Trinajstić information content (AvgIpc) is 2.98. The lowest BCUT2D eigenvalue weighted by atomic mass is 9.90. The maximum absolute atomic E-state index is 14.5. The molecule has 7 heteroatoms. The molecule has 148 valence electrons. The van der Waals surface area contributed by atoms with E-state index >= 15 is 0 Å². The highest BCUT2D eigenvalue weighted by Crippen LogP contribution is 2.49. The van der Waals surface area contributed by atoms with Gasteiger partial charge in [-0.3, -0.25) is 4.79 Å². The highest BCUT2D eigenvalue weighted by atomic mass is 35.5. The molecule has 2 aliphatic rings. The number of benzene rings is 2. The van der Waals surface area contributed by atoms with Crippen LogP contribution in [-0.2, 0) is 15.3 Å². The summed E-state index contributed by atoms with van der Waals surface area (Å²) in [4.78, 5) is 10.9. The lowest BCUT2D eigenvalue weighted by Gasteiger charge is -2.29. The average molecular weight is 407 g/mol. The quantitative estimate of drug-likeness (QED) is 0.785. The molecule has 1 N–H and O–H groups in total. The number of ether oxygens (including phenoxy) is 3. The Kier molecular flexibility index (Phi) is 4.93. The van der Waals surface area contributed by atoms with Crippen LogP contribution < -0.4 is 9.47 Å². The summed E-state index contributed by atoms with van der Waals surface area (Å²) < 4.78 is 32.3. The lowest BCUT2D eigenvalue weighted by Crippen LogP contribution is -2.33. The first-order chi connectivity index (χ1) is 13.4. The normalized spacial score (nSPS) is 26.2. The number of rotatable bonds is 4. The summed E-state index contributed by atoms with van der Waals surface area (Å²) >= 11 is 5.86. The first-order valence-corrected chi connectivity index (χ1v) is 9.53. The molecular weight excluding hydrogens is 387 g/mol. The zero-order valence-electron chi connectivity index (χ0n) is 15.3. The fraction of sp³-hybridized carbons (Fsp3) is 0.381. The molecule has 1 fully saturated rings. The molecule has 0 radical (unpaired) electrons. The molecule has 1 saturated heterocycles. The molecule has 0 bridgehead atoms. The van der Waals surface area contributed by atoms with Gasteiger partial charge < -0.3 is 19.3 Å². The number of carbonyl (C=O) groups is 1. The van der Waals surface area contributed by atoms with E-state index in [9.17, 15) is 9.18 Å². The predicted octanol–water partition coefficient (Wildman–Crippen LogP) is 4.86. The molecule has 3 atom stereocenters. The highest BCUT2D eigenvalue weighted by Gasteiger charge is 2.43. The Hall–Kier alpha value is -2.31. The van der Waals surface area contributed by atoms with Gasteiger partial charge >= 0.3 is 5.97 Å². The van der Waals surface area contributed by atoms with Crippen LogP contribution in [0.15, 0.2) is 36.4 Å². The van der Waals surface area contributed by atoms with Crippen molar-refractivity contribution in [2.45, 2.75) is 44.0 Å². The third-order valence-corrected chi connectivity index (χ3v) is 5.48. The molecule has 0 amide bonds. The zero-order chi connectivity index (χ0) is 19.9. The summed E-state index contributed by atoms with van der Waals surface area (Å²) in [7, 11) is 0. The van der Waals surface area contributed by atoms with Crippen LogP contribution in [0, 0.1) is 5.82 Å². The summed E-state index contributed by atoms with van der Waals surface area (Å²) in [6.45, 7) is 2.08. The van der Waals surface area contributed by atoms with E-state index in [1.807, 2.05) is 12.1 Å². The Morgan fingerprint density at radius 2 is 2.11 bits per heavy atom. The Morgan fingerprint density at radius 1 is 1.29 bits per heavy atom. The van der Waals surface area contributed by atoms with Crippen molar-refractivity contribution >= 4 is 17.6 Å². The number of fused-ring (bicyclic) bond motifs is 1. The minimum atomic E-state index is -1.30. The van der Waals surface area contributed by atoms with Gasteiger partial charge in [0, 0.05) is 23.4 Å². The van der Waals surface area contributed by atoms with Gasteiger partial charge in [0.1, 0.15) is 5.82 Å². The van der Waals surface area contributed by atoms with Gasteiger partial charge in [-0.2, -0.15) is 0 Å². The minimum Gasteiger partial charge on any atom is -0.481 e. The van der Waals surface area contributed by atoms with Crippen molar-refractivity contribution in [2.75, 3.05) is 6.61 Å². The molecule has 5 nitrogen and oxygen atoms in total. The van der Waals surface area contributed by atoms with Crippen LogP contribution in [0.5, 0.6) is 11.5 Å². The highest BCUT2D eigenvalue weighted by molar-refractivity contribution is 6.30. The van der Waals surface area contributed by atoms with Crippen molar-refractivity contribution in [3.05, 3.63) is 58.4 Å². The monoisotopic (exact) mass is 406 g/mol. The molecule has 28 heavy (non-hydrogen) atoms. The number of aliphatic carboxylic acids is 1. The number of hydrogen-bond acceptors (Lipinski definition) is 4. The fourth-order valence-corrected chi connectivity index (χ4v) is 4.00. The molecule has 2 aliphatic heterocycles. The Bertz CT molecular complexity index is 910. The van der Waals surface area contributed by atoms with Crippen molar-refractivity contribution in [3.8, 4) is 11.5 Å². The number of carboxylic acid groups (broad SMARTS) is 1. The Labute approximate surface area is 167 Å².